The Kier molecular flexibility index (Phi) is 15.6. The second kappa shape index (κ2) is 21.9. The van der Waals surface area contributed by atoms with E-state index in [9.17, 15) is 0 Å². The van der Waals surface area contributed by atoms with Gasteiger partial charge in [0.1, 0.15) is 49.4 Å². The minimum atomic E-state index is 0.307. The molecule has 0 aromatic heterocycles. The highest BCUT2D eigenvalue weighted by Crippen LogP contribution is 2.53. The van der Waals surface area contributed by atoms with E-state index in [1.165, 1.54) is 0 Å². The predicted molar refractivity (Wildman–Crippen MR) is 210 cm³/mol. The van der Waals surface area contributed by atoms with E-state index < -0.39 is 0 Å². The maximum absolute atomic E-state index is 6.75. The molecule has 2 heterocycles. The molecule has 0 atom stereocenters. The summed E-state index contributed by atoms with van der Waals surface area (Å²) < 4.78 is 73.5. The van der Waals surface area contributed by atoms with Gasteiger partial charge in [0.25, 0.3) is 0 Å². The summed E-state index contributed by atoms with van der Waals surface area (Å²) in [5.74, 6) is 2.74. The Bertz CT molecular complexity index is 1470. The molecule has 4 aromatic rings. The van der Waals surface area contributed by atoms with Crippen molar-refractivity contribution in [2.45, 2.75) is 0 Å². The summed E-state index contributed by atoms with van der Waals surface area (Å²) in [6.45, 7) is 8.16. The van der Waals surface area contributed by atoms with E-state index in [2.05, 4.69) is 48.5 Å². The molecule has 56 heavy (non-hydrogen) atoms. The molecule has 0 radical (unpaired) electrons. The molecule has 7 rings (SSSR count). The Labute approximate surface area is 328 Å². The van der Waals surface area contributed by atoms with E-state index in [0.29, 0.717) is 155 Å². The van der Waals surface area contributed by atoms with Crippen LogP contribution < -0.4 is 18.9 Å². The highest BCUT2D eigenvalue weighted by molar-refractivity contribution is 5.96. The molecule has 0 N–H and O–H groups in total. The van der Waals surface area contributed by atoms with E-state index in [0.717, 1.165) is 44.5 Å². The van der Waals surface area contributed by atoms with Crippen LogP contribution in [0.25, 0.3) is 44.5 Å². The van der Waals surface area contributed by atoms with Crippen molar-refractivity contribution in [1.29, 1.82) is 0 Å². The normalized spacial score (nSPS) is 18.7. The number of benzene rings is 4. The molecular formula is C44H52O12. The van der Waals surface area contributed by atoms with Crippen LogP contribution in [0, 0.1) is 0 Å². The fraction of sp³-hybridized carbons (Fsp3) is 0.455. The zero-order chi connectivity index (χ0) is 38.0. The van der Waals surface area contributed by atoms with Crippen LogP contribution in [0.2, 0.25) is 0 Å². The minimum Gasteiger partial charge on any atom is -0.490 e. The second-order valence-corrected chi connectivity index (χ2v) is 13.0. The van der Waals surface area contributed by atoms with Crippen molar-refractivity contribution in [3.8, 4) is 67.5 Å². The fourth-order valence-electron chi connectivity index (χ4n) is 6.80. The molecule has 0 fully saturated rings. The standard InChI is InChI=1S/C44H52O12/c1-5-33-35-7-2-9-37-39-11-4-12-40-38-10-3-8-36(43(38)55-31-27-51-23-19-47-16-15-46-18-22-50-26-30-54-42(35)37)34(6-1)41(33)53-29-25-49-21-17-45-13-14-48-20-24-52-28-32-56-44(39)40/h1-12H,13-32H2. The molecule has 4 aromatic carbocycles. The van der Waals surface area contributed by atoms with Crippen LogP contribution in [0.5, 0.6) is 23.0 Å². The van der Waals surface area contributed by atoms with Crippen molar-refractivity contribution in [3.05, 3.63) is 72.8 Å². The number of para-hydroxylation sites is 4. The van der Waals surface area contributed by atoms with Gasteiger partial charge in [-0.05, 0) is 0 Å². The smallest absolute Gasteiger partial charge is 0.135 e. The Hall–Kier alpha value is -4.24. The number of hydrogen-bond donors (Lipinski definition) is 0. The topological polar surface area (TPSA) is 111 Å². The van der Waals surface area contributed by atoms with Crippen molar-refractivity contribution in [2.24, 2.45) is 0 Å². The van der Waals surface area contributed by atoms with Gasteiger partial charge in [-0.1, -0.05) is 72.8 Å². The van der Waals surface area contributed by atoms with Crippen molar-refractivity contribution < 1.29 is 56.8 Å². The zero-order valence-electron chi connectivity index (χ0n) is 32.0. The lowest BCUT2D eigenvalue weighted by Crippen LogP contribution is -2.15. The lowest BCUT2D eigenvalue weighted by Gasteiger charge is -2.25. The lowest BCUT2D eigenvalue weighted by molar-refractivity contribution is -0.00693. The first-order valence-corrected chi connectivity index (χ1v) is 19.6. The van der Waals surface area contributed by atoms with Crippen molar-refractivity contribution in [1.82, 2.24) is 0 Å². The molecule has 0 spiro atoms. The zero-order valence-corrected chi connectivity index (χ0v) is 32.0. The van der Waals surface area contributed by atoms with Gasteiger partial charge in [-0.3, -0.25) is 0 Å². The Morgan fingerprint density at radius 3 is 0.500 bits per heavy atom. The maximum Gasteiger partial charge on any atom is 0.135 e. The molecule has 0 saturated carbocycles. The second-order valence-electron chi connectivity index (χ2n) is 13.0. The van der Waals surface area contributed by atoms with E-state index in [4.69, 9.17) is 56.8 Å². The SMILES string of the molecule is c1cc2c3c(c1)-c1cccc4c1OCCOCCOCCOCCOCCOc1c-2cccc1-c1cccc-4c1OCCOCCOCCOCCOCCO3. The third-order valence-electron chi connectivity index (χ3n) is 9.35. The molecule has 1 aliphatic carbocycles. The van der Waals surface area contributed by atoms with E-state index in [1.807, 2.05) is 24.3 Å². The van der Waals surface area contributed by atoms with Gasteiger partial charge in [0.05, 0.1) is 106 Å². The molecule has 12 heteroatoms. The van der Waals surface area contributed by atoms with Gasteiger partial charge >= 0.3 is 0 Å². The molecule has 12 bridgehead atoms. The average Bonchev–Trinajstić information content (AvgIpc) is 3.22. The monoisotopic (exact) mass is 772 g/mol. The summed E-state index contributed by atoms with van der Waals surface area (Å²) in [6, 6.07) is 24.7. The number of hydrogen-bond acceptors (Lipinski definition) is 12. The first-order valence-electron chi connectivity index (χ1n) is 19.6. The average molecular weight is 773 g/mol. The summed E-state index contributed by atoms with van der Waals surface area (Å²) in [5, 5.41) is 0. The van der Waals surface area contributed by atoms with Crippen LogP contribution in [0.4, 0.5) is 0 Å². The third kappa shape index (κ3) is 10.6. The molecule has 3 aliphatic rings. The van der Waals surface area contributed by atoms with Crippen molar-refractivity contribution in [3.63, 3.8) is 0 Å². The molecule has 300 valence electrons. The van der Waals surface area contributed by atoms with Crippen LogP contribution in [0.3, 0.4) is 0 Å². The van der Waals surface area contributed by atoms with Crippen LogP contribution in [0.15, 0.2) is 72.8 Å². The molecular weight excluding hydrogens is 720 g/mol. The molecule has 2 aliphatic heterocycles. The van der Waals surface area contributed by atoms with Crippen molar-refractivity contribution in [2.75, 3.05) is 132 Å². The Morgan fingerprint density at radius 1 is 0.196 bits per heavy atom. The van der Waals surface area contributed by atoms with Crippen molar-refractivity contribution >= 4 is 0 Å². The highest BCUT2D eigenvalue weighted by Gasteiger charge is 2.27. The first kappa shape index (κ1) is 40.0. The minimum absolute atomic E-state index is 0.307. The lowest BCUT2D eigenvalue weighted by atomic mass is 9.88. The van der Waals surface area contributed by atoms with Gasteiger partial charge in [0.15, 0.2) is 0 Å². The number of fused-ring (bicyclic) bond motifs is 1. The van der Waals surface area contributed by atoms with E-state index in [1.54, 1.807) is 0 Å². The Morgan fingerprint density at radius 2 is 0.339 bits per heavy atom. The summed E-state index contributed by atoms with van der Waals surface area (Å²) in [7, 11) is 0. The predicted octanol–water partition coefficient (Wildman–Crippen LogP) is 6.34. The van der Waals surface area contributed by atoms with Gasteiger partial charge in [-0.2, -0.15) is 0 Å². The summed E-state index contributed by atoms with van der Waals surface area (Å²) in [4.78, 5) is 0. The van der Waals surface area contributed by atoms with Gasteiger partial charge in [-0.15, -0.1) is 0 Å². The summed E-state index contributed by atoms with van der Waals surface area (Å²) >= 11 is 0. The molecule has 12 nitrogen and oxygen atoms in total. The largest absolute Gasteiger partial charge is 0.490 e. The number of ether oxygens (including phenoxy) is 12. The van der Waals surface area contributed by atoms with Gasteiger partial charge in [-0.25, -0.2) is 0 Å². The third-order valence-corrected chi connectivity index (χ3v) is 9.35. The fourth-order valence-corrected chi connectivity index (χ4v) is 6.80. The maximum atomic E-state index is 6.75. The Balaban J connectivity index is 1.39. The van der Waals surface area contributed by atoms with Crippen LogP contribution in [-0.2, 0) is 37.9 Å². The summed E-state index contributed by atoms with van der Waals surface area (Å²) in [6.07, 6.45) is 0. The first-order chi connectivity index (χ1) is 27.9. The van der Waals surface area contributed by atoms with Crippen LogP contribution in [-0.4, -0.2) is 132 Å². The van der Waals surface area contributed by atoms with Gasteiger partial charge in [0.2, 0.25) is 0 Å². The molecule has 0 amide bonds. The number of rotatable bonds is 0. The van der Waals surface area contributed by atoms with E-state index in [-0.39, 0.29) is 0 Å². The van der Waals surface area contributed by atoms with Gasteiger partial charge < -0.3 is 56.8 Å². The van der Waals surface area contributed by atoms with Gasteiger partial charge in [0, 0.05) is 44.5 Å². The van der Waals surface area contributed by atoms with Crippen LogP contribution in [0.1, 0.15) is 0 Å². The molecule has 0 unspecified atom stereocenters. The summed E-state index contributed by atoms with van der Waals surface area (Å²) in [5.41, 5.74) is 6.90. The highest BCUT2D eigenvalue weighted by atomic mass is 16.6. The van der Waals surface area contributed by atoms with Crippen LogP contribution >= 0.6 is 0 Å². The quantitative estimate of drug-likeness (QED) is 0.175. The molecule has 0 saturated heterocycles. The van der Waals surface area contributed by atoms with E-state index >= 15 is 0 Å².